The molecule has 0 saturated carbocycles. The summed E-state index contributed by atoms with van der Waals surface area (Å²) in [5, 5.41) is 0. The lowest BCUT2D eigenvalue weighted by atomic mass is 10.1. The van der Waals surface area contributed by atoms with E-state index in [1.54, 1.807) is 20.8 Å². The number of amides is 2. The van der Waals surface area contributed by atoms with E-state index in [0.29, 0.717) is 0 Å². The van der Waals surface area contributed by atoms with Crippen LogP contribution in [0.5, 0.6) is 0 Å². The minimum Gasteiger partial charge on any atom is -0.443 e. The highest BCUT2D eigenvalue weighted by molar-refractivity contribution is 5.95. The molecule has 0 radical (unpaired) electrons. The summed E-state index contributed by atoms with van der Waals surface area (Å²) < 4.78 is 5.18. The Hall–Kier alpha value is -1.06. The van der Waals surface area contributed by atoms with Crippen LogP contribution < -0.4 is 0 Å². The number of carbonyl (C=O) groups is 2. The second kappa shape index (κ2) is 3.83. The van der Waals surface area contributed by atoms with Crippen molar-refractivity contribution in [2.75, 3.05) is 0 Å². The topological polar surface area (TPSA) is 46.6 Å². The molecule has 1 fully saturated rings. The average Bonchev–Trinajstić information content (AvgIpc) is 2.22. The summed E-state index contributed by atoms with van der Waals surface area (Å²) in [5.74, 6) is -0.204. The fourth-order valence-corrected chi connectivity index (χ4v) is 1.75. The van der Waals surface area contributed by atoms with Crippen molar-refractivity contribution >= 4 is 12.0 Å². The first kappa shape index (κ1) is 12.0. The normalized spacial score (nSPS) is 27.0. The molecule has 2 amide bonds. The minimum absolute atomic E-state index is 0.0534. The van der Waals surface area contributed by atoms with Gasteiger partial charge < -0.3 is 4.74 Å². The Kier molecular flexibility index (Phi) is 3.07. The molecule has 0 aromatic rings. The number of nitrogens with zero attached hydrogens (tertiary/aromatic N) is 1. The number of imide groups is 1. The molecule has 0 aromatic heterocycles. The maximum atomic E-state index is 11.7. The first-order valence-corrected chi connectivity index (χ1v) is 5.28. The molecule has 0 aromatic carbocycles. The summed E-state index contributed by atoms with van der Waals surface area (Å²) >= 11 is 0. The predicted octanol–water partition coefficient (Wildman–Crippen LogP) is 2.18. The fraction of sp³-hybridized carbons (Fsp3) is 0.818. The zero-order valence-corrected chi connectivity index (χ0v) is 10.0. The largest absolute Gasteiger partial charge is 0.443 e. The van der Waals surface area contributed by atoms with Gasteiger partial charge in [0.1, 0.15) is 5.60 Å². The van der Waals surface area contributed by atoms with Crippen LogP contribution in [0.3, 0.4) is 0 Å². The molecule has 4 heteroatoms. The highest BCUT2D eigenvalue weighted by Gasteiger charge is 2.40. The van der Waals surface area contributed by atoms with Crippen molar-refractivity contribution in [3.05, 3.63) is 0 Å². The lowest BCUT2D eigenvalue weighted by Gasteiger charge is -2.25. The molecule has 2 atom stereocenters. The number of likely N-dealkylation sites (tertiary alicyclic amines) is 1. The second-order valence-electron chi connectivity index (χ2n) is 5.17. The van der Waals surface area contributed by atoms with Gasteiger partial charge in [-0.1, -0.05) is 6.92 Å². The van der Waals surface area contributed by atoms with Gasteiger partial charge in [0.25, 0.3) is 0 Å². The van der Waals surface area contributed by atoms with Crippen molar-refractivity contribution < 1.29 is 14.3 Å². The predicted molar refractivity (Wildman–Crippen MR) is 56.3 cm³/mol. The quantitative estimate of drug-likeness (QED) is 0.619. The zero-order chi connectivity index (χ0) is 11.8. The van der Waals surface area contributed by atoms with E-state index >= 15 is 0 Å². The van der Waals surface area contributed by atoms with Gasteiger partial charge in [-0.2, -0.15) is 0 Å². The molecule has 0 bridgehead atoms. The van der Waals surface area contributed by atoms with Gasteiger partial charge in [-0.25, -0.2) is 9.69 Å². The number of ether oxygens (including phenoxy) is 1. The minimum atomic E-state index is -0.553. The number of hydrogen-bond acceptors (Lipinski definition) is 3. The lowest BCUT2D eigenvalue weighted by Crippen LogP contribution is -2.41. The number of rotatable bonds is 0. The Morgan fingerprint density at radius 2 is 1.93 bits per heavy atom. The van der Waals surface area contributed by atoms with Gasteiger partial charge in [-0.05, 0) is 34.1 Å². The SMILES string of the molecule is CC1C[C@@H](C)N(C(=O)OC(C)(C)C)C1=O. The van der Waals surface area contributed by atoms with Crippen LogP contribution in [0, 0.1) is 5.92 Å². The molecule has 86 valence electrons. The van der Waals surface area contributed by atoms with Crippen LogP contribution in [-0.4, -0.2) is 28.5 Å². The Balaban J connectivity index is 2.72. The third-order valence-corrected chi connectivity index (χ3v) is 2.38. The van der Waals surface area contributed by atoms with Crippen LogP contribution in [0.15, 0.2) is 0 Å². The van der Waals surface area contributed by atoms with E-state index in [0.717, 1.165) is 6.42 Å². The molecule has 15 heavy (non-hydrogen) atoms. The van der Waals surface area contributed by atoms with Gasteiger partial charge in [-0.15, -0.1) is 0 Å². The van der Waals surface area contributed by atoms with E-state index in [1.165, 1.54) is 4.90 Å². The molecule has 1 saturated heterocycles. The molecule has 0 N–H and O–H groups in total. The van der Waals surface area contributed by atoms with Gasteiger partial charge in [0.15, 0.2) is 0 Å². The summed E-state index contributed by atoms with van der Waals surface area (Å²) in [4.78, 5) is 24.6. The summed E-state index contributed by atoms with van der Waals surface area (Å²) in [5.41, 5.74) is -0.553. The summed E-state index contributed by atoms with van der Waals surface area (Å²) in [6.45, 7) is 9.08. The molecule has 4 nitrogen and oxygen atoms in total. The Morgan fingerprint density at radius 3 is 2.27 bits per heavy atom. The maximum Gasteiger partial charge on any atom is 0.417 e. The third kappa shape index (κ3) is 2.70. The highest BCUT2D eigenvalue weighted by Crippen LogP contribution is 2.25. The van der Waals surface area contributed by atoms with Gasteiger partial charge in [0, 0.05) is 12.0 Å². The van der Waals surface area contributed by atoms with Gasteiger partial charge in [0.2, 0.25) is 5.91 Å². The van der Waals surface area contributed by atoms with Crippen LogP contribution in [0.25, 0.3) is 0 Å². The van der Waals surface area contributed by atoms with Crippen molar-refractivity contribution in [1.82, 2.24) is 4.90 Å². The standard InChI is InChI=1S/C11H19NO3/c1-7-6-8(2)12(9(7)13)10(14)15-11(3,4)5/h7-8H,6H2,1-5H3/t7?,8-/m1/s1. The Bertz CT molecular complexity index is 280. The summed E-state index contributed by atoms with van der Waals surface area (Å²) in [6.07, 6.45) is 0.197. The molecule has 1 heterocycles. The lowest BCUT2D eigenvalue weighted by molar-refractivity contribution is -0.130. The zero-order valence-electron chi connectivity index (χ0n) is 10.0. The van der Waals surface area contributed by atoms with Gasteiger partial charge in [-0.3, -0.25) is 4.79 Å². The summed E-state index contributed by atoms with van der Waals surface area (Å²) in [6, 6.07) is -0.0534. The van der Waals surface area contributed by atoms with E-state index in [9.17, 15) is 9.59 Å². The van der Waals surface area contributed by atoms with Crippen molar-refractivity contribution in [1.29, 1.82) is 0 Å². The van der Waals surface area contributed by atoms with Crippen LogP contribution >= 0.6 is 0 Å². The number of carbonyl (C=O) groups excluding carboxylic acids is 2. The average molecular weight is 213 g/mol. The van der Waals surface area contributed by atoms with E-state index in [1.807, 2.05) is 13.8 Å². The highest BCUT2D eigenvalue weighted by atomic mass is 16.6. The molecule has 1 aliphatic rings. The summed E-state index contributed by atoms with van der Waals surface area (Å²) in [7, 11) is 0. The molecular formula is C11H19NO3. The monoisotopic (exact) mass is 213 g/mol. The van der Waals surface area contributed by atoms with Crippen molar-refractivity contribution in [3.63, 3.8) is 0 Å². The molecule has 0 spiro atoms. The molecule has 1 unspecified atom stereocenters. The molecular weight excluding hydrogens is 194 g/mol. The second-order valence-corrected chi connectivity index (χ2v) is 5.17. The van der Waals surface area contributed by atoms with E-state index < -0.39 is 11.7 Å². The molecule has 1 rings (SSSR count). The van der Waals surface area contributed by atoms with E-state index in [-0.39, 0.29) is 17.9 Å². The van der Waals surface area contributed by atoms with Gasteiger partial charge >= 0.3 is 6.09 Å². The van der Waals surface area contributed by atoms with Gasteiger partial charge in [0.05, 0.1) is 0 Å². The van der Waals surface area contributed by atoms with Crippen LogP contribution in [0.1, 0.15) is 41.0 Å². The van der Waals surface area contributed by atoms with E-state index in [4.69, 9.17) is 4.74 Å². The third-order valence-electron chi connectivity index (χ3n) is 2.38. The fourth-order valence-electron chi connectivity index (χ4n) is 1.75. The van der Waals surface area contributed by atoms with Crippen LogP contribution in [-0.2, 0) is 9.53 Å². The van der Waals surface area contributed by atoms with Crippen molar-refractivity contribution in [2.24, 2.45) is 5.92 Å². The smallest absolute Gasteiger partial charge is 0.417 e. The Labute approximate surface area is 90.6 Å². The first-order valence-electron chi connectivity index (χ1n) is 5.28. The maximum absolute atomic E-state index is 11.7. The molecule has 1 aliphatic heterocycles. The van der Waals surface area contributed by atoms with Crippen LogP contribution in [0.2, 0.25) is 0 Å². The van der Waals surface area contributed by atoms with Crippen molar-refractivity contribution in [2.45, 2.75) is 52.7 Å². The van der Waals surface area contributed by atoms with Crippen molar-refractivity contribution in [3.8, 4) is 0 Å². The number of hydrogen-bond donors (Lipinski definition) is 0. The van der Waals surface area contributed by atoms with E-state index in [2.05, 4.69) is 0 Å². The Morgan fingerprint density at radius 1 is 1.40 bits per heavy atom. The van der Waals surface area contributed by atoms with Crippen LogP contribution in [0.4, 0.5) is 4.79 Å². The molecule has 0 aliphatic carbocycles. The first-order chi connectivity index (χ1) is 6.72.